The molecule has 10 nitrogen and oxygen atoms in total. The van der Waals surface area contributed by atoms with Gasteiger partial charge in [-0.05, 0) is 61.1 Å². The fourth-order valence-corrected chi connectivity index (χ4v) is 6.36. The lowest BCUT2D eigenvalue weighted by atomic mass is 9.72. The molecule has 0 radical (unpaired) electrons. The van der Waals surface area contributed by atoms with Crippen molar-refractivity contribution in [1.82, 2.24) is 0 Å². The summed E-state index contributed by atoms with van der Waals surface area (Å²) < 4.78 is 11.8. The second-order valence-corrected chi connectivity index (χ2v) is 11.9. The Morgan fingerprint density at radius 3 is 1.29 bits per heavy atom. The first kappa shape index (κ1) is 36.7. The van der Waals surface area contributed by atoms with Crippen molar-refractivity contribution >= 4 is 34.9 Å². The zero-order chi connectivity index (χ0) is 36.4. The topological polar surface area (TPSA) is 130 Å². The summed E-state index contributed by atoms with van der Waals surface area (Å²) in [6.07, 6.45) is 1.06. The number of ether oxygens (including phenoxy) is 2. The van der Waals surface area contributed by atoms with Gasteiger partial charge in [0.25, 0.3) is 0 Å². The van der Waals surface area contributed by atoms with Crippen molar-refractivity contribution in [3.8, 4) is 11.1 Å². The van der Waals surface area contributed by atoms with Crippen LogP contribution in [0.3, 0.4) is 0 Å². The van der Waals surface area contributed by atoms with Crippen LogP contribution in [0, 0.1) is 0 Å². The van der Waals surface area contributed by atoms with Crippen LogP contribution in [0.2, 0.25) is 0 Å². The second kappa shape index (κ2) is 16.9. The lowest BCUT2D eigenvalue weighted by Crippen LogP contribution is -2.30. The summed E-state index contributed by atoms with van der Waals surface area (Å²) in [5.41, 5.74) is 4.53. The van der Waals surface area contributed by atoms with Gasteiger partial charge in [-0.1, -0.05) is 95.2 Å². The summed E-state index contributed by atoms with van der Waals surface area (Å²) in [5, 5.41) is 7.91. The molecule has 0 spiro atoms. The third-order valence-corrected chi connectivity index (χ3v) is 8.70. The predicted octanol–water partition coefficient (Wildman–Crippen LogP) is 7.11. The summed E-state index contributed by atoms with van der Waals surface area (Å²) in [6, 6.07) is 28.6. The van der Waals surface area contributed by atoms with Crippen molar-refractivity contribution in [3.63, 3.8) is 0 Å². The van der Waals surface area contributed by atoms with Gasteiger partial charge in [-0.15, -0.1) is 0 Å². The van der Waals surface area contributed by atoms with E-state index in [1.165, 1.54) is 13.8 Å². The van der Waals surface area contributed by atoms with Crippen molar-refractivity contribution in [2.75, 3.05) is 26.4 Å². The highest BCUT2D eigenvalue weighted by molar-refractivity contribution is 6.52. The Kier molecular flexibility index (Phi) is 12.2. The fraction of sp³-hybridized carbons (Fsp3) is 0.268. The highest BCUT2D eigenvalue weighted by Gasteiger charge is 2.44. The van der Waals surface area contributed by atoms with Gasteiger partial charge in [-0.25, -0.2) is 9.59 Å². The monoisotopic (exact) mass is 688 g/mol. The van der Waals surface area contributed by atoms with Gasteiger partial charge in [0.05, 0.1) is 0 Å². The normalized spacial score (nSPS) is 13.3. The number of fused-ring (bicyclic) bond motifs is 3. The number of hydrogen-bond acceptors (Lipinski definition) is 10. The molecule has 1 aliphatic rings. The summed E-state index contributed by atoms with van der Waals surface area (Å²) in [6.45, 7) is 8.14. The van der Waals surface area contributed by atoms with Crippen molar-refractivity contribution in [3.05, 3.63) is 130 Å². The number of carbonyl (C=O) groups is 4. The molecule has 0 saturated carbocycles. The molecule has 5 rings (SSSR count). The van der Waals surface area contributed by atoms with Gasteiger partial charge in [0.1, 0.15) is 0 Å². The average molecular weight is 689 g/mol. The number of oxime groups is 2. The van der Waals surface area contributed by atoms with E-state index in [0.717, 1.165) is 22.3 Å². The molecule has 0 atom stereocenters. The van der Waals surface area contributed by atoms with Crippen LogP contribution in [0.15, 0.2) is 107 Å². The zero-order valence-electron chi connectivity index (χ0n) is 29.1. The standard InChI is InChI=1S/C41H40N2O8/c1-5-48-23-21-41(22-24-49-6-2)35-25-31(39(46)37(42-50-27(3)44)29-13-9-7-10-14-29)17-19-33(35)34-20-18-32(26-36(34)41)40(47)38(43-51-28(4)45)30-15-11-8-12-16-30/h7-20,25-26H,5-6,21-24H2,1-4H3/b42-37+,43-38+. The molecule has 10 heteroatoms. The maximum atomic E-state index is 14.2. The Hall–Kier alpha value is -5.58. The van der Waals surface area contributed by atoms with Crippen LogP contribution in [0.4, 0.5) is 0 Å². The molecule has 51 heavy (non-hydrogen) atoms. The third kappa shape index (κ3) is 8.25. The van der Waals surface area contributed by atoms with Crippen LogP contribution in [-0.2, 0) is 34.2 Å². The number of carbonyl (C=O) groups excluding carboxylic acids is 4. The van der Waals surface area contributed by atoms with E-state index in [1.54, 1.807) is 60.7 Å². The molecule has 0 fully saturated rings. The highest BCUT2D eigenvalue weighted by Crippen LogP contribution is 2.53. The fourth-order valence-electron chi connectivity index (χ4n) is 6.36. The van der Waals surface area contributed by atoms with Gasteiger partial charge in [0, 0.05) is 67.9 Å². The summed E-state index contributed by atoms with van der Waals surface area (Å²) >= 11 is 0. The molecule has 0 saturated heterocycles. The smallest absolute Gasteiger partial charge is 0.332 e. The quantitative estimate of drug-likeness (QED) is 0.0401. The Morgan fingerprint density at radius 1 is 0.549 bits per heavy atom. The van der Waals surface area contributed by atoms with Gasteiger partial charge in [0.15, 0.2) is 11.4 Å². The molecular weight excluding hydrogens is 648 g/mol. The Bertz CT molecular complexity index is 1830. The van der Waals surface area contributed by atoms with Crippen molar-refractivity contribution < 1.29 is 38.3 Å². The molecule has 4 aromatic rings. The van der Waals surface area contributed by atoms with E-state index in [-0.39, 0.29) is 11.4 Å². The number of nitrogens with zero attached hydrogens (tertiary/aromatic N) is 2. The molecular formula is C41H40N2O8. The SMILES string of the molecule is CCOCCC1(CCOCC)c2cc(C(=O)/C(=N/OC(C)=O)c3ccccc3)ccc2-c2ccc(C(=O)/C(=N/OC(C)=O)c3ccccc3)cc21. The maximum absolute atomic E-state index is 14.2. The van der Waals surface area contributed by atoms with Crippen LogP contribution in [0.25, 0.3) is 11.1 Å². The van der Waals surface area contributed by atoms with Gasteiger partial charge < -0.3 is 19.1 Å². The van der Waals surface area contributed by atoms with Gasteiger partial charge in [0.2, 0.25) is 11.6 Å². The van der Waals surface area contributed by atoms with E-state index < -0.39 is 28.9 Å². The molecule has 262 valence electrons. The molecule has 4 aromatic carbocycles. The molecule has 1 aliphatic carbocycles. The third-order valence-electron chi connectivity index (χ3n) is 8.70. The van der Waals surface area contributed by atoms with Crippen molar-refractivity contribution in [2.45, 2.75) is 46.0 Å². The first-order valence-electron chi connectivity index (χ1n) is 16.9. The summed E-state index contributed by atoms with van der Waals surface area (Å²) in [5.74, 6) is -2.14. The van der Waals surface area contributed by atoms with Gasteiger partial charge in [-0.3, -0.25) is 9.59 Å². The lowest BCUT2D eigenvalue weighted by Gasteiger charge is -2.33. The number of hydrogen-bond donors (Lipinski definition) is 0. The minimum atomic E-state index is -0.721. The van der Waals surface area contributed by atoms with Crippen LogP contribution in [0.1, 0.15) is 83.5 Å². The predicted molar refractivity (Wildman–Crippen MR) is 193 cm³/mol. The van der Waals surface area contributed by atoms with Crippen molar-refractivity contribution in [1.29, 1.82) is 0 Å². The highest BCUT2D eigenvalue weighted by atomic mass is 16.7. The Balaban J connectivity index is 1.66. The van der Waals surface area contributed by atoms with Gasteiger partial charge >= 0.3 is 11.9 Å². The van der Waals surface area contributed by atoms with E-state index in [0.29, 0.717) is 61.5 Å². The van der Waals surface area contributed by atoms with Crippen LogP contribution in [0.5, 0.6) is 0 Å². The molecule has 0 aliphatic heterocycles. The van der Waals surface area contributed by atoms with Crippen LogP contribution in [-0.4, -0.2) is 61.4 Å². The zero-order valence-corrected chi connectivity index (χ0v) is 29.1. The first-order chi connectivity index (χ1) is 24.7. The number of rotatable bonds is 16. The van der Waals surface area contributed by atoms with Crippen LogP contribution >= 0.6 is 0 Å². The number of Topliss-reactive ketones (excluding diaryl/α,β-unsaturated/α-hetero) is 2. The van der Waals surface area contributed by atoms with E-state index in [9.17, 15) is 19.2 Å². The Morgan fingerprint density at radius 2 is 0.941 bits per heavy atom. The molecule has 0 bridgehead atoms. The van der Waals surface area contributed by atoms with Crippen molar-refractivity contribution in [2.24, 2.45) is 10.3 Å². The van der Waals surface area contributed by atoms with E-state index in [4.69, 9.17) is 19.1 Å². The van der Waals surface area contributed by atoms with Gasteiger partial charge in [-0.2, -0.15) is 0 Å². The Labute approximate surface area is 297 Å². The molecule has 0 heterocycles. The first-order valence-corrected chi connectivity index (χ1v) is 16.9. The summed E-state index contributed by atoms with van der Waals surface area (Å²) in [7, 11) is 0. The maximum Gasteiger partial charge on any atom is 0.332 e. The average Bonchev–Trinajstić information content (AvgIpc) is 3.40. The van der Waals surface area contributed by atoms with Crippen LogP contribution < -0.4 is 0 Å². The number of benzene rings is 4. The second-order valence-electron chi connectivity index (χ2n) is 11.9. The molecule has 0 N–H and O–H groups in total. The largest absolute Gasteiger partial charge is 0.382 e. The molecule has 0 aromatic heterocycles. The lowest BCUT2D eigenvalue weighted by molar-refractivity contribution is -0.141. The van der Waals surface area contributed by atoms with E-state index in [2.05, 4.69) is 10.3 Å². The minimum absolute atomic E-state index is 0.0103. The van der Waals surface area contributed by atoms with E-state index >= 15 is 0 Å². The molecule has 0 amide bonds. The molecule has 0 unspecified atom stereocenters. The summed E-state index contributed by atoms with van der Waals surface area (Å²) in [4.78, 5) is 61.6. The number of ketones is 2. The minimum Gasteiger partial charge on any atom is -0.382 e. The van der Waals surface area contributed by atoms with E-state index in [1.807, 2.05) is 50.2 Å².